The lowest BCUT2D eigenvalue weighted by Gasteiger charge is -2.04. The third kappa shape index (κ3) is 4.80. The first-order valence-corrected chi connectivity index (χ1v) is 7.10. The summed E-state index contributed by atoms with van der Waals surface area (Å²) in [4.78, 5) is 26.1. The van der Waals surface area contributed by atoms with Gasteiger partial charge in [0.25, 0.3) is 0 Å². The Kier molecular flexibility index (Phi) is 6.68. The van der Waals surface area contributed by atoms with Crippen molar-refractivity contribution in [1.82, 2.24) is 4.98 Å². The van der Waals surface area contributed by atoms with E-state index in [-0.39, 0.29) is 11.3 Å². The van der Waals surface area contributed by atoms with Gasteiger partial charge in [-0.25, -0.2) is 9.59 Å². The normalized spacial score (nSPS) is 9.60. The lowest BCUT2D eigenvalue weighted by atomic mass is 10.1. The molecule has 0 fully saturated rings. The van der Waals surface area contributed by atoms with Crippen LogP contribution in [0.3, 0.4) is 0 Å². The monoisotopic (exact) mass is 349 g/mol. The van der Waals surface area contributed by atoms with E-state index in [0.29, 0.717) is 16.8 Å². The number of nitrogens with two attached hydrogens (primary N) is 2. The summed E-state index contributed by atoms with van der Waals surface area (Å²) in [6.45, 7) is 3.42. The zero-order chi connectivity index (χ0) is 19.1. The Morgan fingerprint density at radius 2 is 1.48 bits per heavy atom. The predicted molar refractivity (Wildman–Crippen MR) is 89.0 cm³/mol. The van der Waals surface area contributed by atoms with E-state index < -0.39 is 11.9 Å². The predicted octanol–water partition coefficient (Wildman–Crippen LogP) is 0.647. The number of rotatable bonds is 2. The first kappa shape index (κ1) is 19.7. The second kappa shape index (κ2) is 8.48. The van der Waals surface area contributed by atoms with Crippen molar-refractivity contribution in [2.75, 3.05) is 25.7 Å². The SMILES string of the molecule is COC(=O)c1c(C)c[n+](O)cc1N.COC(=O)c1c(C)cncc1N. The van der Waals surface area contributed by atoms with E-state index in [1.807, 2.05) is 0 Å². The van der Waals surface area contributed by atoms with E-state index in [4.69, 9.17) is 16.7 Å². The molecule has 0 aliphatic rings. The lowest BCUT2D eigenvalue weighted by molar-refractivity contribution is -0.904. The highest BCUT2D eigenvalue weighted by Gasteiger charge is 2.18. The first-order chi connectivity index (χ1) is 11.7. The van der Waals surface area contributed by atoms with Gasteiger partial charge in [-0.3, -0.25) is 10.2 Å². The van der Waals surface area contributed by atoms with E-state index in [1.165, 1.54) is 32.8 Å². The molecule has 0 bridgehead atoms. The third-order valence-corrected chi connectivity index (χ3v) is 3.22. The van der Waals surface area contributed by atoms with Gasteiger partial charge in [0.15, 0.2) is 0 Å². The number of anilines is 2. The zero-order valence-corrected chi connectivity index (χ0v) is 14.4. The van der Waals surface area contributed by atoms with Crippen LogP contribution >= 0.6 is 0 Å². The minimum Gasteiger partial charge on any atom is -0.465 e. The Labute approximate surface area is 144 Å². The minimum absolute atomic E-state index is 0.189. The van der Waals surface area contributed by atoms with Crippen LogP contribution in [-0.2, 0) is 9.47 Å². The van der Waals surface area contributed by atoms with Crippen LogP contribution in [0, 0.1) is 13.8 Å². The first-order valence-electron chi connectivity index (χ1n) is 7.10. The highest BCUT2D eigenvalue weighted by Crippen LogP contribution is 2.15. The molecule has 0 radical (unpaired) electrons. The molecule has 0 aromatic carbocycles. The van der Waals surface area contributed by atoms with Crippen molar-refractivity contribution >= 4 is 23.3 Å². The number of ether oxygens (including phenoxy) is 2. The largest absolute Gasteiger partial charge is 0.465 e. The fourth-order valence-corrected chi connectivity index (χ4v) is 2.08. The molecule has 0 aliphatic carbocycles. The Morgan fingerprint density at radius 3 is 1.92 bits per heavy atom. The molecule has 0 spiro atoms. The molecule has 2 heterocycles. The molecule has 0 aliphatic heterocycles. The number of aryl methyl sites for hydroxylation is 2. The highest BCUT2D eigenvalue weighted by atomic mass is 16.5. The summed E-state index contributed by atoms with van der Waals surface area (Å²) in [6.07, 6.45) is 5.61. The summed E-state index contributed by atoms with van der Waals surface area (Å²) in [5, 5.41) is 9.06. The summed E-state index contributed by atoms with van der Waals surface area (Å²) >= 11 is 0. The zero-order valence-electron chi connectivity index (χ0n) is 14.4. The van der Waals surface area contributed by atoms with Crippen LogP contribution in [0.25, 0.3) is 0 Å². The minimum atomic E-state index is -0.504. The Morgan fingerprint density at radius 1 is 0.960 bits per heavy atom. The third-order valence-electron chi connectivity index (χ3n) is 3.22. The van der Waals surface area contributed by atoms with Gasteiger partial charge in [0.1, 0.15) is 5.69 Å². The number of esters is 2. The second-order valence-corrected chi connectivity index (χ2v) is 5.06. The van der Waals surface area contributed by atoms with E-state index in [0.717, 1.165) is 10.3 Å². The number of hydrogen-bond acceptors (Lipinski definition) is 8. The maximum Gasteiger partial charge on any atom is 0.340 e. The van der Waals surface area contributed by atoms with Gasteiger partial charge in [0, 0.05) is 16.5 Å². The quantitative estimate of drug-likeness (QED) is 0.407. The van der Waals surface area contributed by atoms with Crippen LogP contribution in [-0.4, -0.2) is 36.3 Å². The van der Waals surface area contributed by atoms with Crippen LogP contribution in [0.2, 0.25) is 0 Å². The van der Waals surface area contributed by atoms with Crippen LogP contribution in [0.1, 0.15) is 31.8 Å². The maximum absolute atomic E-state index is 11.2. The van der Waals surface area contributed by atoms with E-state index in [9.17, 15) is 9.59 Å². The molecule has 2 aromatic heterocycles. The van der Waals surface area contributed by atoms with Crippen molar-refractivity contribution in [2.45, 2.75) is 13.8 Å². The fourth-order valence-electron chi connectivity index (χ4n) is 2.08. The molecule has 5 N–H and O–H groups in total. The topological polar surface area (TPSA) is 142 Å². The van der Waals surface area contributed by atoms with Gasteiger partial charge < -0.3 is 20.9 Å². The molecule has 9 nitrogen and oxygen atoms in total. The number of hydrogen-bond donors (Lipinski definition) is 3. The fraction of sp³-hybridized carbons (Fsp3) is 0.250. The average molecular weight is 349 g/mol. The van der Waals surface area contributed by atoms with E-state index in [1.54, 1.807) is 20.0 Å². The number of aromatic nitrogens is 2. The average Bonchev–Trinajstić information content (AvgIpc) is 2.53. The second-order valence-electron chi connectivity index (χ2n) is 5.06. The van der Waals surface area contributed by atoms with Crippen molar-refractivity contribution in [2.24, 2.45) is 0 Å². The van der Waals surface area contributed by atoms with Gasteiger partial charge in [0.05, 0.1) is 37.2 Å². The molecule has 2 aromatic rings. The van der Waals surface area contributed by atoms with Gasteiger partial charge in [-0.2, -0.15) is 0 Å². The number of nitrogen functional groups attached to an aromatic ring is 2. The molecule has 0 atom stereocenters. The molecule has 0 saturated carbocycles. The van der Waals surface area contributed by atoms with Crippen molar-refractivity contribution < 1.29 is 29.0 Å². The Bertz CT molecular complexity index is 749. The number of pyridine rings is 2. The van der Waals surface area contributed by atoms with Gasteiger partial charge in [-0.1, -0.05) is 0 Å². The number of nitrogens with zero attached hydrogens (tertiary/aromatic N) is 2. The lowest BCUT2D eigenvalue weighted by Crippen LogP contribution is -2.31. The maximum atomic E-state index is 11.2. The van der Waals surface area contributed by atoms with Crippen LogP contribution in [0.5, 0.6) is 0 Å². The summed E-state index contributed by atoms with van der Waals surface area (Å²) < 4.78 is 9.88. The standard InChI is InChI=1S/C8H10N2O3.C8H10N2O2/c1-5-3-10(12)4-6(9)7(5)8(11)13-2;1-5-3-10-4-6(9)7(5)8(11)12-2/h3-4H,1-2H3,(H2-,9,11,12);3-4H,9H2,1-2H3/p+1. The summed E-state index contributed by atoms with van der Waals surface area (Å²) in [5.41, 5.74) is 13.6. The van der Waals surface area contributed by atoms with Gasteiger partial charge >= 0.3 is 11.9 Å². The smallest absolute Gasteiger partial charge is 0.340 e. The molecular formula is C16H21N4O5+. The molecule has 0 saturated heterocycles. The molecule has 134 valence electrons. The van der Waals surface area contributed by atoms with Crippen LogP contribution < -0.4 is 16.2 Å². The van der Waals surface area contributed by atoms with Crippen LogP contribution in [0.15, 0.2) is 24.8 Å². The number of carbonyl (C=O) groups excluding carboxylic acids is 2. The number of methoxy groups -OCH3 is 2. The summed E-state index contributed by atoms with van der Waals surface area (Å²) in [5.74, 6) is -0.928. The van der Waals surface area contributed by atoms with Gasteiger partial charge in [-0.15, -0.1) is 0 Å². The van der Waals surface area contributed by atoms with Crippen molar-refractivity contribution in [1.29, 1.82) is 0 Å². The molecule has 0 amide bonds. The summed E-state index contributed by atoms with van der Waals surface area (Å²) in [6, 6.07) is 0. The van der Waals surface area contributed by atoms with Crippen LogP contribution in [0.4, 0.5) is 11.4 Å². The molecule has 2 rings (SSSR count). The Hall–Kier alpha value is -3.36. The van der Waals surface area contributed by atoms with Crippen molar-refractivity contribution in [3.05, 3.63) is 47.0 Å². The highest BCUT2D eigenvalue weighted by molar-refractivity contribution is 5.96. The summed E-state index contributed by atoms with van der Waals surface area (Å²) in [7, 11) is 2.60. The van der Waals surface area contributed by atoms with Gasteiger partial charge in [0.2, 0.25) is 12.4 Å². The van der Waals surface area contributed by atoms with Crippen molar-refractivity contribution in [3.8, 4) is 0 Å². The van der Waals surface area contributed by atoms with E-state index in [2.05, 4.69) is 14.5 Å². The van der Waals surface area contributed by atoms with E-state index >= 15 is 0 Å². The van der Waals surface area contributed by atoms with Crippen molar-refractivity contribution in [3.63, 3.8) is 0 Å². The van der Waals surface area contributed by atoms with Gasteiger partial charge in [-0.05, 0) is 19.4 Å². The molecule has 0 unspecified atom stereocenters. The molecule has 25 heavy (non-hydrogen) atoms. The Balaban J connectivity index is 0.000000251. The number of carbonyl (C=O) groups is 2. The molecular weight excluding hydrogens is 328 g/mol. The molecule has 9 heteroatoms.